The van der Waals surface area contributed by atoms with E-state index in [2.05, 4.69) is 15.9 Å². The zero-order chi connectivity index (χ0) is 14.4. The molecule has 3 heteroatoms. The molecule has 0 heterocycles. The Morgan fingerprint density at radius 3 is 2.45 bits per heavy atom. The zero-order valence-corrected chi connectivity index (χ0v) is 13.1. The Kier molecular flexibility index (Phi) is 5.62. The lowest BCUT2D eigenvalue weighted by Crippen LogP contribution is -2.12. The minimum Gasteiger partial charge on any atom is -0.497 e. The third kappa shape index (κ3) is 4.36. The van der Waals surface area contributed by atoms with Gasteiger partial charge in [-0.25, -0.2) is 0 Å². The van der Waals surface area contributed by atoms with Gasteiger partial charge in [0.05, 0.1) is 13.2 Å². The molecule has 0 saturated heterocycles. The molecule has 1 atom stereocenters. The number of benzene rings is 2. The average Bonchev–Trinajstić information content (AvgIpc) is 2.48. The quantitative estimate of drug-likeness (QED) is 0.865. The summed E-state index contributed by atoms with van der Waals surface area (Å²) < 4.78 is 6.19. The summed E-state index contributed by atoms with van der Waals surface area (Å²) in [6.45, 7) is 0. The highest BCUT2D eigenvalue weighted by molar-refractivity contribution is 9.10. The van der Waals surface area contributed by atoms with E-state index >= 15 is 0 Å². The maximum Gasteiger partial charge on any atom is 0.118 e. The molecular weight excluding hydrogens is 316 g/mol. The van der Waals surface area contributed by atoms with E-state index in [0.717, 1.165) is 28.6 Å². The highest BCUT2D eigenvalue weighted by Crippen LogP contribution is 2.19. The molecule has 20 heavy (non-hydrogen) atoms. The smallest absolute Gasteiger partial charge is 0.118 e. The first-order valence-electron chi connectivity index (χ1n) is 6.73. The second kappa shape index (κ2) is 7.46. The molecule has 0 aromatic heterocycles. The largest absolute Gasteiger partial charge is 0.497 e. The lowest BCUT2D eigenvalue weighted by Gasteiger charge is -2.12. The molecule has 2 aromatic carbocycles. The van der Waals surface area contributed by atoms with Crippen molar-refractivity contribution in [3.8, 4) is 5.75 Å². The Bertz CT molecular complexity index is 537. The van der Waals surface area contributed by atoms with E-state index in [4.69, 9.17) is 4.74 Å². The Morgan fingerprint density at radius 1 is 1.10 bits per heavy atom. The highest BCUT2D eigenvalue weighted by atomic mass is 79.9. The molecule has 1 unspecified atom stereocenters. The van der Waals surface area contributed by atoms with Crippen LogP contribution in [0.2, 0.25) is 0 Å². The molecule has 0 aliphatic heterocycles. The van der Waals surface area contributed by atoms with Crippen molar-refractivity contribution in [2.75, 3.05) is 7.11 Å². The van der Waals surface area contributed by atoms with E-state index in [1.54, 1.807) is 7.11 Å². The number of hydrogen-bond acceptors (Lipinski definition) is 2. The summed E-state index contributed by atoms with van der Waals surface area (Å²) in [4.78, 5) is 0. The van der Waals surface area contributed by atoms with Crippen LogP contribution in [0.4, 0.5) is 0 Å². The predicted molar refractivity (Wildman–Crippen MR) is 85.2 cm³/mol. The lowest BCUT2D eigenvalue weighted by molar-refractivity contribution is 0.165. The molecule has 0 spiro atoms. The number of aliphatic hydroxyl groups excluding tert-OH is 1. The molecular formula is C17H19BrO2. The Morgan fingerprint density at radius 2 is 1.80 bits per heavy atom. The fourth-order valence-corrected chi connectivity index (χ4v) is 2.59. The summed E-state index contributed by atoms with van der Waals surface area (Å²) >= 11 is 3.51. The molecule has 2 aromatic rings. The van der Waals surface area contributed by atoms with Crippen LogP contribution >= 0.6 is 15.9 Å². The van der Waals surface area contributed by atoms with Gasteiger partial charge in [-0.15, -0.1) is 0 Å². The monoisotopic (exact) mass is 334 g/mol. The second-order valence-electron chi connectivity index (χ2n) is 4.84. The van der Waals surface area contributed by atoms with E-state index < -0.39 is 0 Å². The Hall–Kier alpha value is -1.32. The van der Waals surface area contributed by atoms with E-state index in [9.17, 15) is 5.11 Å². The van der Waals surface area contributed by atoms with Crippen LogP contribution in [0.15, 0.2) is 53.0 Å². The number of aliphatic hydroxyl groups is 1. The molecule has 0 radical (unpaired) electrons. The fraction of sp³-hybridized carbons (Fsp3) is 0.294. The third-order valence-electron chi connectivity index (χ3n) is 3.34. The first-order chi connectivity index (χ1) is 9.69. The fourth-order valence-electron chi connectivity index (χ4n) is 2.15. The van der Waals surface area contributed by atoms with Crippen LogP contribution < -0.4 is 4.74 Å². The van der Waals surface area contributed by atoms with Gasteiger partial charge >= 0.3 is 0 Å². The molecule has 0 aliphatic rings. The van der Waals surface area contributed by atoms with Gasteiger partial charge in [0.2, 0.25) is 0 Å². The molecule has 0 bridgehead atoms. The highest BCUT2D eigenvalue weighted by Gasteiger charge is 2.08. The number of rotatable bonds is 6. The van der Waals surface area contributed by atoms with Crippen molar-refractivity contribution < 1.29 is 9.84 Å². The van der Waals surface area contributed by atoms with Gasteiger partial charge in [-0.05, 0) is 48.6 Å². The van der Waals surface area contributed by atoms with Gasteiger partial charge in [0.1, 0.15) is 5.75 Å². The SMILES string of the molecule is COc1ccc(CCC(O)Cc2ccccc2Br)cc1. The van der Waals surface area contributed by atoms with Gasteiger partial charge in [0.15, 0.2) is 0 Å². The van der Waals surface area contributed by atoms with Crippen molar-refractivity contribution in [3.05, 3.63) is 64.1 Å². The van der Waals surface area contributed by atoms with Crippen LogP contribution in [0.1, 0.15) is 17.5 Å². The average molecular weight is 335 g/mol. The number of hydrogen-bond donors (Lipinski definition) is 1. The predicted octanol–water partition coefficient (Wildman–Crippen LogP) is 3.99. The number of ether oxygens (including phenoxy) is 1. The van der Waals surface area contributed by atoms with Gasteiger partial charge < -0.3 is 9.84 Å². The van der Waals surface area contributed by atoms with Crippen molar-refractivity contribution >= 4 is 15.9 Å². The summed E-state index contributed by atoms with van der Waals surface area (Å²) in [5.74, 6) is 0.863. The van der Waals surface area contributed by atoms with Crippen molar-refractivity contribution in [1.29, 1.82) is 0 Å². The molecule has 0 amide bonds. The number of aryl methyl sites for hydroxylation is 1. The van der Waals surface area contributed by atoms with Crippen molar-refractivity contribution in [3.63, 3.8) is 0 Å². The van der Waals surface area contributed by atoms with Crippen molar-refractivity contribution in [1.82, 2.24) is 0 Å². The molecule has 1 N–H and O–H groups in total. The molecule has 0 aliphatic carbocycles. The van der Waals surface area contributed by atoms with Gasteiger partial charge in [0, 0.05) is 4.47 Å². The first-order valence-corrected chi connectivity index (χ1v) is 7.52. The Labute approximate surface area is 128 Å². The lowest BCUT2D eigenvalue weighted by atomic mass is 10.0. The summed E-state index contributed by atoms with van der Waals surface area (Å²) in [7, 11) is 1.66. The summed E-state index contributed by atoms with van der Waals surface area (Å²) in [6, 6.07) is 16.0. The molecule has 0 saturated carbocycles. The van der Waals surface area contributed by atoms with Gasteiger partial charge in [-0.1, -0.05) is 46.3 Å². The van der Waals surface area contributed by atoms with Crippen molar-refractivity contribution in [2.45, 2.75) is 25.4 Å². The molecule has 106 valence electrons. The van der Waals surface area contributed by atoms with Crippen LogP contribution in [0.3, 0.4) is 0 Å². The van der Waals surface area contributed by atoms with E-state index in [0.29, 0.717) is 6.42 Å². The van der Waals surface area contributed by atoms with E-state index in [1.165, 1.54) is 5.56 Å². The zero-order valence-electron chi connectivity index (χ0n) is 11.6. The maximum atomic E-state index is 10.1. The van der Waals surface area contributed by atoms with Gasteiger partial charge in [-0.3, -0.25) is 0 Å². The topological polar surface area (TPSA) is 29.5 Å². The Balaban J connectivity index is 1.85. The summed E-state index contributed by atoms with van der Waals surface area (Å²) in [5.41, 5.74) is 2.37. The van der Waals surface area contributed by atoms with E-state index in [1.807, 2.05) is 48.5 Å². The van der Waals surface area contributed by atoms with Crippen LogP contribution in [0.25, 0.3) is 0 Å². The molecule has 2 rings (SSSR count). The third-order valence-corrected chi connectivity index (χ3v) is 4.11. The van der Waals surface area contributed by atoms with Crippen molar-refractivity contribution in [2.24, 2.45) is 0 Å². The summed E-state index contributed by atoms with van der Waals surface area (Å²) in [5, 5.41) is 10.1. The van der Waals surface area contributed by atoms with Crippen LogP contribution in [0, 0.1) is 0 Å². The maximum absolute atomic E-state index is 10.1. The number of halogens is 1. The standard InChI is InChI=1S/C17H19BrO2/c1-20-16-10-7-13(8-11-16)6-9-15(19)12-14-4-2-3-5-17(14)18/h2-5,7-8,10-11,15,19H,6,9,12H2,1H3. The minimum absolute atomic E-state index is 0.323. The van der Waals surface area contributed by atoms with Gasteiger partial charge in [0.25, 0.3) is 0 Å². The van der Waals surface area contributed by atoms with Gasteiger partial charge in [-0.2, -0.15) is 0 Å². The normalized spacial score (nSPS) is 12.2. The second-order valence-corrected chi connectivity index (χ2v) is 5.69. The summed E-state index contributed by atoms with van der Waals surface area (Å²) in [6.07, 6.45) is 1.98. The number of methoxy groups -OCH3 is 1. The van der Waals surface area contributed by atoms with Crippen LogP contribution in [-0.2, 0) is 12.8 Å². The molecule has 0 fully saturated rings. The minimum atomic E-state index is -0.323. The molecule has 2 nitrogen and oxygen atoms in total. The first kappa shape index (κ1) is 15.1. The van der Waals surface area contributed by atoms with Crippen LogP contribution in [-0.4, -0.2) is 18.3 Å². The van der Waals surface area contributed by atoms with E-state index in [-0.39, 0.29) is 6.10 Å². The van der Waals surface area contributed by atoms with Crippen LogP contribution in [0.5, 0.6) is 5.75 Å².